The normalized spacial score (nSPS) is 20.1. The highest BCUT2D eigenvalue weighted by atomic mass is 35.5. The van der Waals surface area contributed by atoms with Crippen LogP contribution in [-0.4, -0.2) is 11.9 Å². The van der Waals surface area contributed by atoms with Gasteiger partial charge in [0, 0.05) is 5.02 Å². The zero-order chi connectivity index (χ0) is 11.0. The molecule has 1 atom stereocenters. The molecule has 0 spiro atoms. The van der Waals surface area contributed by atoms with E-state index >= 15 is 0 Å². The van der Waals surface area contributed by atoms with E-state index in [-0.39, 0.29) is 6.04 Å². The minimum absolute atomic E-state index is 0.152. The Morgan fingerprint density at radius 3 is 2.80 bits per heavy atom. The van der Waals surface area contributed by atoms with Crippen LogP contribution in [0, 0.1) is 0 Å². The van der Waals surface area contributed by atoms with E-state index < -0.39 is 0 Å². The SMILES string of the molecule is CC1C(N)=NON1c1cc(Cl)ccc1Cl. The monoisotopic (exact) mass is 245 g/mol. The molecule has 1 aliphatic rings. The van der Waals surface area contributed by atoms with Gasteiger partial charge in [-0.3, -0.25) is 4.94 Å². The van der Waals surface area contributed by atoms with Crippen LogP contribution in [-0.2, 0) is 4.94 Å². The molecular formula is C9H9Cl2N3O. The molecule has 0 saturated heterocycles. The van der Waals surface area contributed by atoms with Crippen molar-refractivity contribution in [1.29, 1.82) is 0 Å². The summed E-state index contributed by atoms with van der Waals surface area (Å²) in [7, 11) is 0. The number of amidine groups is 1. The van der Waals surface area contributed by atoms with Crippen molar-refractivity contribution in [2.24, 2.45) is 10.9 Å². The fraction of sp³-hybridized carbons (Fsp3) is 0.222. The van der Waals surface area contributed by atoms with Crippen LogP contribution >= 0.6 is 23.2 Å². The molecule has 6 heteroatoms. The second kappa shape index (κ2) is 3.79. The standard InChI is InChI=1S/C9H9Cl2N3O/c1-5-9(12)13-15-14(5)8-4-6(10)2-3-7(8)11/h2-5H,1H3,(H2,12,13). The average molecular weight is 246 g/mol. The minimum Gasteiger partial charge on any atom is -0.382 e. The van der Waals surface area contributed by atoms with Crippen LogP contribution in [0.3, 0.4) is 0 Å². The van der Waals surface area contributed by atoms with Gasteiger partial charge in [-0.1, -0.05) is 23.2 Å². The molecule has 2 rings (SSSR count). The van der Waals surface area contributed by atoms with E-state index in [2.05, 4.69) is 5.16 Å². The first-order valence-electron chi connectivity index (χ1n) is 4.34. The molecule has 80 valence electrons. The van der Waals surface area contributed by atoms with E-state index in [4.69, 9.17) is 33.9 Å². The Kier molecular flexibility index (Phi) is 2.63. The minimum atomic E-state index is -0.152. The Balaban J connectivity index is 2.35. The highest BCUT2D eigenvalue weighted by molar-refractivity contribution is 6.35. The van der Waals surface area contributed by atoms with Crippen LogP contribution < -0.4 is 10.8 Å². The third-order valence-corrected chi connectivity index (χ3v) is 2.71. The lowest BCUT2D eigenvalue weighted by atomic mass is 10.2. The van der Waals surface area contributed by atoms with Gasteiger partial charge in [-0.2, -0.15) is 5.06 Å². The van der Waals surface area contributed by atoms with Gasteiger partial charge in [0.05, 0.1) is 10.7 Å². The molecule has 2 N–H and O–H groups in total. The first kappa shape index (κ1) is 10.4. The van der Waals surface area contributed by atoms with Crippen LogP contribution in [0.15, 0.2) is 23.4 Å². The third kappa shape index (κ3) is 1.82. The predicted molar refractivity (Wildman–Crippen MR) is 61.1 cm³/mol. The Labute approximate surface area is 97.1 Å². The van der Waals surface area contributed by atoms with Gasteiger partial charge in [0.25, 0.3) is 0 Å². The number of hydrogen-bond donors (Lipinski definition) is 1. The van der Waals surface area contributed by atoms with Gasteiger partial charge in [-0.15, -0.1) is 0 Å². The predicted octanol–water partition coefficient (Wildman–Crippen LogP) is 2.41. The van der Waals surface area contributed by atoms with Gasteiger partial charge < -0.3 is 5.73 Å². The Morgan fingerprint density at radius 2 is 2.20 bits per heavy atom. The van der Waals surface area contributed by atoms with Gasteiger partial charge in [0.2, 0.25) is 0 Å². The summed E-state index contributed by atoms with van der Waals surface area (Å²) in [6.45, 7) is 1.86. The largest absolute Gasteiger partial charge is 0.382 e. The lowest BCUT2D eigenvalue weighted by molar-refractivity contribution is 0.133. The van der Waals surface area contributed by atoms with Gasteiger partial charge >= 0.3 is 0 Å². The average Bonchev–Trinajstić information content (AvgIpc) is 2.52. The number of hydrogen-bond acceptors (Lipinski definition) is 4. The van der Waals surface area contributed by atoms with Crippen LogP contribution in [0.25, 0.3) is 0 Å². The summed E-state index contributed by atoms with van der Waals surface area (Å²) in [5.41, 5.74) is 6.25. The zero-order valence-electron chi connectivity index (χ0n) is 7.95. The van der Waals surface area contributed by atoms with Crippen LogP contribution in [0.5, 0.6) is 0 Å². The highest BCUT2D eigenvalue weighted by Gasteiger charge is 2.28. The molecule has 15 heavy (non-hydrogen) atoms. The summed E-state index contributed by atoms with van der Waals surface area (Å²) < 4.78 is 0. The molecule has 0 bridgehead atoms. The summed E-state index contributed by atoms with van der Waals surface area (Å²) in [6.07, 6.45) is 0. The fourth-order valence-electron chi connectivity index (χ4n) is 1.27. The van der Waals surface area contributed by atoms with Crippen LogP contribution in [0.4, 0.5) is 5.69 Å². The number of rotatable bonds is 1. The molecule has 1 heterocycles. The summed E-state index contributed by atoms with van der Waals surface area (Å²) in [4.78, 5) is 5.05. The van der Waals surface area contributed by atoms with Crippen molar-refractivity contribution in [1.82, 2.24) is 0 Å². The first-order valence-corrected chi connectivity index (χ1v) is 5.10. The van der Waals surface area contributed by atoms with E-state index in [9.17, 15) is 0 Å². The number of nitrogens with two attached hydrogens (primary N) is 1. The van der Waals surface area contributed by atoms with Crippen molar-refractivity contribution >= 4 is 34.7 Å². The summed E-state index contributed by atoms with van der Waals surface area (Å²) in [5, 5.41) is 6.30. The molecule has 0 saturated carbocycles. The van der Waals surface area contributed by atoms with Crippen LogP contribution in [0.1, 0.15) is 6.92 Å². The van der Waals surface area contributed by atoms with Gasteiger partial charge in [-0.25, -0.2) is 0 Å². The van der Waals surface area contributed by atoms with E-state index in [1.807, 2.05) is 6.92 Å². The van der Waals surface area contributed by atoms with E-state index in [1.165, 1.54) is 5.06 Å². The Bertz CT molecular complexity index is 422. The van der Waals surface area contributed by atoms with Crippen molar-refractivity contribution < 1.29 is 4.94 Å². The van der Waals surface area contributed by atoms with Crippen molar-refractivity contribution in [3.8, 4) is 0 Å². The number of nitrogens with zero attached hydrogens (tertiary/aromatic N) is 2. The molecule has 1 aliphatic heterocycles. The summed E-state index contributed by atoms with van der Waals surface area (Å²) in [5.74, 6) is 0.408. The molecule has 0 aliphatic carbocycles. The van der Waals surface area contributed by atoms with Gasteiger partial charge in [-0.05, 0) is 30.3 Å². The first-order chi connectivity index (χ1) is 7.09. The van der Waals surface area contributed by atoms with Crippen molar-refractivity contribution in [2.75, 3.05) is 5.06 Å². The van der Waals surface area contributed by atoms with E-state index in [1.54, 1.807) is 18.2 Å². The smallest absolute Gasteiger partial charge is 0.168 e. The second-order valence-electron chi connectivity index (χ2n) is 3.20. The summed E-state index contributed by atoms with van der Waals surface area (Å²) >= 11 is 11.9. The number of hydroxylamine groups is 1. The molecule has 1 aromatic carbocycles. The lowest BCUT2D eigenvalue weighted by Crippen LogP contribution is -2.35. The maximum atomic E-state index is 6.02. The van der Waals surface area contributed by atoms with Crippen molar-refractivity contribution in [3.05, 3.63) is 28.2 Å². The molecule has 1 unspecified atom stereocenters. The molecule has 0 aromatic heterocycles. The van der Waals surface area contributed by atoms with Gasteiger partial charge in [0.1, 0.15) is 6.04 Å². The Morgan fingerprint density at radius 1 is 1.47 bits per heavy atom. The Hall–Kier alpha value is -1.13. The summed E-state index contributed by atoms with van der Waals surface area (Å²) in [6, 6.07) is 4.96. The van der Waals surface area contributed by atoms with Crippen molar-refractivity contribution in [2.45, 2.75) is 13.0 Å². The molecule has 4 nitrogen and oxygen atoms in total. The number of oxime groups is 1. The topological polar surface area (TPSA) is 50.9 Å². The van der Waals surface area contributed by atoms with Crippen molar-refractivity contribution in [3.63, 3.8) is 0 Å². The number of benzene rings is 1. The van der Waals surface area contributed by atoms with E-state index in [0.29, 0.717) is 21.6 Å². The molecule has 0 fully saturated rings. The lowest BCUT2D eigenvalue weighted by Gasteiger charge is -2.20. The number of halogens is 2. The fourth-order valence-corrected chi connectivity index (χ4v) is 1.63. The quantitative estimate of drug-likeness (QED) is 0.827. The third-order valence-electron chi connectivity index (χ3n) is 2.16. The second-order valence-corrected chi connectivity index (χ2v) is 4.04. The molecule has 0 amide bonds. The highest BCUT2D eigenvalue weighted by Crippen LogP contribution is 2.32. The maximum Gasteiger partial charge on any atom is 0.168 e. The van der Waals surface area contributed by atoms with Crippen LogP contribution in [0.2, 0.25) is 10.0 Å². The van der Waals surface area contributed by atoms with Gasteiger partial charge in [0.15, 0.2) is 5.84 Å². The molecule has 0 radical (unpaired) electrons. The molecule has 1 aromatic rings. The van der Waals surface area contributed by atoms with E-state index in [0.717, 1.165) is 0 Å². The molecular weight excluding hydrogens is 237 g/mol. The number of anilines is 1. The zero-order valence-corrected chi connectivity index (χ0v) is 9.46. The maximum absolute atomic E-state index is 6.02.